The number of para-hydroxylation sites is 1. The predicted molar refractivity (Wildman–Crippen MR) is 70.4 cm³/mol. The number of carbonyl (C=O) groups excluding carboxylic acids is 1. The van der Waals surface area contributed by atoms with Crippen molar-refractivity contribution in [2.45, 2.75) is 33.2 Å². The van der Waals surface area contributed by atoms with E-state index in [1.165, 1.54) is 6.07 Å². The number of hydrogen-bond donors (Lipinski definition) is 0. The number of fused-ring (bicyclic) bond motifs is 1. The van der Waals surface area contributed by atoms with E-state index < -0.39 is 0 Å². The molecule has 0 saturated carbocycles. The predicted octanol–water partition coefficient (Wildman–Crippen LogP) is 2.86. The smallest absolute Gasteiger partial charge is 0.313 e. The third kappa shape index (κ3) is 2.59. The second-order valence-corrected chi connectivity index (χ2v) is 4.58. The summed E-state index contributed by atoms with van der Waals surface area (Å²) in [5.41, 5.74) is 1.00. The number of carbonyl (C=O) groups is 1. The van der Waals surface area contributed by atoms with E-state index in [1.54, 1.807) is 19.1 Å². The lowest BCUT2D eigenvalue weighted by molar-refractivity contribution is -0.142. The minimum Gasteiger partial charge on any atom is -0.466 e. The molecule has 0 aliphatic carbocycles. The van der Waals surface area contributed by atoms with Crippen molar-refractivity contribution in [3.63, 3.8) is 0 Å². The number of halogens is 1. The van der Waals surface area contributed by atoms with Gasteiger partial charge in [0.05, 0.1) is 12.1 Å². The average molecular weight is 264 g/mol. The molecule has 4 nitrogen and oxygen atoms in total. The summed E-state index contributed by atoms with van der Waals surface area (Å²) in [5.74, 6) is -0.185. The SMILES string of the molecule is CCOC(=O)Cc1nc2c(F)cccc2n1C(C)C. The van der Waals surface area contributed by atoms with Crippen LogP contribution in [0.3, 0.4) is 0 Å². The summed E-state index contributed by atoms with van der Waals surface area (Å²) < 4.78 is 20.5. The minimum atomic E-state index is -0.373. The van der Waals surface area contributed by atoms with Crippen LogP contribution in [-0.2, 0) is 16.0 Å². The fourth-order valence-electron chi connectivity index (χ4n) is 2.17. The number of nitrogens with zero attached hydrogens (tertiary/aromatic N) is 2. The summed E-state index contributed by atoms with van der Waals surface area (Å²) in [6, 6.07) is 4.91. The van der Waals surface area contributed by atoms with Crippen molar-refractivity contribution in [1.82, 2.24) is 9.55 Å². The molecule has 0 aliphatic rings. The van der Waals surface area contributed by atoms with E-state index >= 15 is 0 Å². The van der Waals surface area contributed by atoms with Crippen LogP contribution in [0.2, 0.25) is 0 Å². The first-order valence-electron chi connectivity index (χ1n) is 6.35. The van der Waals surface area contributed by atoms with Crippen molar-refractivity contribution in [1.29, 1.82) is 0 Å². The molecule has 5 heteroatoms. The van der Waals surface area contributed by atoms with Gasteiger partial charge in [-0.2, -0.15) is 0 Å². The van der Waals surface area contributed by atoms with E-state index in [0.29, 0.717) is 23.5 Å². The molecule has 0 N–H and O–H groups in total. The number of imidazole rings is 1. The largest absolute Gasteiger partial charge is 0.466 e. The molecule has 0 bridgehead atoms. The standard InChI is InChI=1S/C14H17FN2O2/c1-4-19-13(18)8-12-16-14-10(15)6-5-7-11(14)17(12)9(2)3/h5-7,9H,4,8H2,1-3H3. The van der Waals surface area contributed by atoms with Crippen LogP contribution in [0.1, 0.15) is 32.6 Å². The van der Waals surface area contributed by atoms with Gasteiger partial charge in [0.1, 0.15) is 17.8 Å². The van der Waals surface area contributed by atoms with Gasteiger partial charge in [0.25, 0.3) is 0 Å². The van der Waals surface area contributed by atoms with Gasteiger partial charge in [0.2, 0.25) is 0 Å². The van der Waals surface area contributed by atoms with Gasteiger partial charge in [0, 0.05) is 6.04 Å². The summed E-state index contributed by atoms with van der Waals surface area (Å²) in [4.78, 5) is 15.8. The summed E-state index contributed by atoms with van der Waals surface area (Å²) in [7, 11) is 0. The highest BCUT2D eigenvalue weighted by Crippen LogP contribution is 2.23. The van der Waals surface area contributed by atoms with E-state index in [9.17, 15) is 9.18 Å². The maximum absolute atomic E-state index is 13.7. The summed E-state index contributed by atoms with van der Waals surface area (Å²) in [5, 5.41) is 0. The van der Waals surface area contributed by atoms with E-state index in [0.717, 1.165) is 0 Å². The van der Waals surface area contributed by atoms with Crippen molar-refractivity contribution in [2.24, 2.45) is 0 Å². The van der Waals surface area contributed by atoms with Crippen LogP contribution in [0.5, 0.6) is 0 Å². The number of benzene rings is 1. The Balaban J connectivity index is 2.50. The maximum atomic E-state index is 13.7. The van der Waals surface area contributed by atoms with Gasteiger partial charge in [-0.05, 0) is 32.9 Å². The second kappa shape index (κ2) is 5.38. The van der Waals surface area contributed by atoms with Gasteiger partial charge < -0.3 is 9.30 Å². The highest BCUT2D eigenvalue weighted by molar-refractivity contribution is 5.79. The first-order valence-corrected chi connectivity index (χ1v) is 6.35. The van der Waals surface area contributed by atoms with Gasteiger partial charge >= 0.3 is 5.97 Å². The van der Waals surface area contributed by atoms with Crippen molar-refractivity contribution >= 4 is 17.0 Å². The molecule has 1 aromatic carbocycles. The fraction of sp³-hybridized carbons (Fsp3) is 0.429. The lowest BCUT2D eigenvalue weighted by Crippen LogP contribution is -2.14. The van der Waals surface area contributed by atoms with Crippen LogP contribution in [0.25, 0.3) is 11.0 Å². The molecule has 0 atom stereocenters. The van der Waals surface area contributed by atoms with Gasteiger partial charge in [0.15, 0.2) is 5.82 Å². The Morgan fingerprint density at radius 1 is 1.47 bits per heavy atom. The molecule has 0 aliphatic heterocycles. The van der Waals surface area contributed by atoms with Crippen LogP contribution < -0.4 is 0 Å². The minimum absolute atomic E-state index is 0.0557. The zero-order valence-corrected chi connectivity index (χ0v) is 11.3. The number of aromatic nitrogens is 2. The highest BCUT2D eigenvalue weighted by Gasteiger charge is 2.18. The van der Waals surface area contributed by atoms with Gasteiger partial charge in [-0.1, -0.05) is 6.07 Å². The molecule has 102 valence electrons. The van der Waals surface area contributed by atoms with Crippen molar-refractivity contribution in [3.8, 4) is 0 Å². The van der Waals surface area contributed by atoms with Crippen LogP contribution in [0, 0.1) is 5.82 Å². The highest BCUT2D eigenvalue weighted by atomic mass is 19.1. The number of hydrogen-bond acceptors (Lipinski definition) is 3. The number of rotatable bonds is 4. The third-order valence-electron chi connectivity index (χ3n) is 2.87. The zero-order chi connectivity index (χ0) is 14.0. The number of esters is 1. The zero-order valence-electron chi connectivity index (χ0n) is 11.3. The van der Waals surface area contributed by atoms with Crippen LogP contribution in [0.15, 0.2) is 18.2 Å². The van der Waals surface area contributed by atoms with E-state index in [-0.39, 0.29) is 24.2 Å². The molecule has 19 heavy (non-hydrogen) atoms. The average Bonchev–Trinajstić information content (AvgIpc) is 2.68. The Labute approximate surface area is 111 Å². The van der Waals surface area contributed by atoms with E-state index in [1.807, 2.05) is 18.4 Å². The Kier molecular flexibility index (Phi) is 3.83. The quantitative estimate of drug-likeness (QED) is 0.797. The maximum Gasteiger partial charge on any atom is 0.313 e. The van der Waals surface area contributed by atoms with Gasteiger partial charge in [-0.25, -0.2) is 9.37 Å². The summed E-state index contributed by atoms with van der Waals surface area (Å²) in [6.45, 7) is 6.03. The van der Waals surface area contributed by atoms with Gasteiger partial charge in [-0.3, -0.25) is 4.79 Å². The van der Waals surface area contributed by atoms with Gasteiger partial charge in [-0.15, -0.1) is 0 Å². The molecular weight excluding hydrogens is 247 g/mol. The first-order chi connectivity index (χ1) is 9.04. The molecule has 2 rings (SSSR count). The number of ether oxygens (including phenoxy) is 1. The summed E-state index contributed by atoms with van der Waals surface area (Å²) >= 11 is 0. The van der Waals surface area contributed by atoms with Crippen LogP contribution >= 0.6 is 0 Å². The molecule has 0 spiro atoms. The van der Waals surface area contributed by atoms with Crippen molar-refractivity contribution in [3.05, 3.63) is 29.8 Å². The molecule has 2 aromatic rings. The second-order valence-electron chi connectivity index (χ2n) is 4.58. The lowest BCUT2D eigenvalue weighted by Gasteiger charge is -2.12. The molecule has 1 aromatic heterocycles. The Morgan fingerprint density at radius 2 is 2.21 bits per heavy atom. The van der Waals surface area contributed by atoms with Crippen LogP contribution in [-0.4, -0.2) is 22.1 Å². The topological polar surface area (TPSA) is 44.1 Å². The monoisotopic (exact) mass is 264 g/mol. The molecule has 0 unspecified atom stereocenters. The van der Waals surface area contributed by atoms with Crippen molar-refractivity contribution in [2.75, 3.05) is 6.61 Å². The van der Waals surface area contributed by atoms with E-state index in [4.69, 9.17) is 4.74 Å². The molecule has 0 radical (unpaired) electrons. The molecule has 0 saturated heterocycles. The fourth-order valence-corrected chi connectivity index (χ4v) is 2.17. The van der Waals surface area contributed by atoms with E-state index in [2.05, 4.69) is 4.98 Å². The summed E-state index contributed by atoms with van der Waals surface area (Å²) in [6.07, 6.45) is 0.0557. The lowest BCUT2D eigenvalue weighted by atomic mass is 10.2. The third-order valence-corrected chi connectivity index (χ3v) is 2.87. The molecular formula is C14H17FN2O2. The Bertz CT molecular complexity index is 605. The Hall–Kier alpha value is -1.91. The van der Waals surface area contributed by atoms with Crippen molar-refractivity contribution < 1.29 is 13.9 Å². The normalized spacial score (nSPS) is 11.2. The first kappa shape index (κ1) is 13.5. The Morgan fingerprint density at radius 3 is 2.84 bits per heavy atom. The molecule has 0 fully saturated rings. The van der Waals surface area contributed by atoms with Crippen LogP contribution in [0.4, 0.5) is 4.39 Å². The molecule has 1 heterocycles. The molecule has 0 amide bonds.